The largest absolute Gasteiger partial charge is 0.418 e. The highest BCUT2D eigenvalue weighted by molar-refractivity contribution is 5.77. The lowest BCUT2D eigenvalue weighted by atomic mass is 10.00. The van der Waals surface area contributed by atoms with Gasteiger partial charge in [0.2, 0.25) is 0 Å². The molecule has 0 radical (unpaired) electrons. The van der Waals surface area contributed by atoms with Crippen molar-refractivity contribution in [3.8, 4) is 0 Å². The number of anilines is 1. The zero-order valence-corrected chi connectivity index (χ0v) is 11.6. The Kier molecular flexibility index (Phi) is 4.06. The molecule has 0 aliphatic carbocycles. The van der Waals surface area contributed by atoms with Crippen molar-refractivity contribution in [2.75, 3.05) is 11.4 Å². The maximum absolute atomic E-state index is 13.2. The fourth-order valence-electron chi connectivity index (χ4n) is 2.89. The van der Waals surface area contributed by atoms with Crippen LogP contribution in [0.5, 0.6) is 0 Å². The zero-order chi connectivity index (χ0) is 14.9. The van der Waals surface area contributed by atoms with Gasteiger partial charge in [0.1, 0.15) is 6.29 Å². The van der Waals surface area contributed by atoms with Crippen LogP contribution in [0.4, 0.5) is 18.9 Å². The number of nitrogens with zero attached hydrogens (tertiary/aromatic N) is 1. The highest BCUT2D eigenvalue weighted by Crippen LogP contribution is 2.40. The highest BCUT2D eigenvalue weighted by Gasteiger charge is 2.38. The smallest absolute Gasteiger partial charge is 0.368 e. The summed E-state index contributed by atoms with van der Waals surface area (Å²) in [6, 6.07) is 3.94. The molecule has 0 amide bonds. The molecule has 0 bridgehead atoms. The average Bonchev–Trinajstić information content (AvgIpc) is 2.86. The Morgan fingerprint density at radius 3 is 2.60 bits per heavy atom. The van der Waals surface area contributed by atoms with Crippen LogP contribution in [-0.2, 0) is 6.18 Å². The minimum atomic E-state index is -4.45. The number of rotatable bonds is 3. The minimum Gasteiger partial charge on any atom is -0.368 e. The summed E-state index contributed by atoms with van der Waals surface area (Å²) >= 11 is 0. The number of hydrogen-bond donors (Lipinski definition) is 0. The average molecular weight is 285 g/mol. The van der Waals surface area contributed by atoms with Gasteiger partial charge in [0, 0.05) is 23.8 Å². The van der Waals surface area contributed by atoms with Crippen LogP contribution in [0.15, 0.2) is 18.2 Å². The molecule has 1 aromatic carbocycles. The number of carbonyl (C=O) groups is 1. The number of aldehydes is 1. The topological polar surface area (TPSA) is 20.3 Å². The SMILES string of the molecule is CC(C)C1CCCN1c1ccc(C=O)cc1C(F)(F)F. The van der Waals surface area contributed by atoms with Gasteiger partial charge in [0.05, 0.1) is 5.56 Å². The third-order valence-corrected chi connectivity index (χ3v) is 3.84. The van der Waals surface area contributed by atoms with Crippen LogP contribution in [0.25, 0.3) is 0 Å². The van der Waals surface area contributed by atoms with E-state index in [-0.39, 0.29) is 17.3 Å². The molecule has 1 atom stereocenters. The Balaban J connectivity index is 2.48. The lowest BCUT2D eigenvalue weighted by Gasteiger charge is -2.32. The van der Waals surface area contributed by atoms with Crippen molar-refractivity contribution in [2.45, 2.75) is 38.9 Å². The standard InChI is InChI=1S/C15H18F3NO/c1-10(2)13-4-3-7-19(13)14-6-5-11(9-20)8-12(14)15(16,17)18/h5-6,8-10,13H,3-4,7H2,1-2H3. The molecule has 0 spiro atoms. The Morgan fingerprint density at radius 2 is 2.05 bits per heavy atom. The van der Waals surface area contributed by atoms with Gasteiger partial charge in [-0.2, -0.15) is 13.2 Å². The maximum atomic E-state index is 13.2. The lowest BCUT2D eigenvalue weighted by molar-refractivity contribution is -0.137. The molecule has 1 heterocycles. The summed E-state index contributed by atoms with van der Waals surface area (Å²) < 4.78 is 39.6. The van der Waals surface area contributed by atoms with Crippen LogP contribution >= 0.6 is 0 Å². The number of halogens is 3. The van der Waals surface area contributed by atoms with Crippen molar-refractivity contribution in [3.63, 3.8) is 0 Å². The van der Waals surface area contributed by atoms with E-state index in [1.807, 2.05) is 18.7 Å². The van der Waals surface area contributed by atoms with Gasteiger partial charge in [-0.05, 0) is 37.0 Å². The van der Waals surface area contributed by atoms with Crippen LogP contribution in [-0.4, -0.2) is 18.9 Å². The van der Waals surface area contributed by atoms with Gasteiger partial charge < -0.3 is 4.90 Å². The van der Waals surface area contributed by atoms with E-state index in [9.17, 15) is 18.0 Å². The van der Waals surface area contributed by atoms with E-state index >= 15 is 0 Å². The van der Waals surface area contributed by atoms with Gasteiger partial charge in [0.15, 0.2) is 0 Å². The maximum Gasteiger partial charge on any atom is 0.418 e. The second-order valence-electron chi connectivity index (χ2n) is 5.54. The molecule has 1 saturated heterocycles. The lowest BCUT2D eigenvalue weighted by Crippen LogP contribution is -2.34. The first kappa shape index (κ1) is 14.9. The van der Waals surface area contributed by atoms with Crippen LogP contribution in [0.1, 0.15) is 42.6 Å². The van der Waals surface area contributed by atoms with Crippen molar-refractivity contribution in [2.24, 2.45) is 5.92 Å². The molecule has 110 valence electrons. The van der Waals surface area contributed by atoms with E-state index in [0.717, 1.165) is 18.9 Å². The molecule has 20 heavy (non-hydrogen) atoms. The van der Waals surface area contributed by atoms with Gasteiger partial charge in [-0.3, -0.25) is 4.79 Å². The van der Waals surface area contributed by atoms with Crippen LogP contribution in [0.2, 0.25) is 0 Å². The van der Waals surface area contributed by atoms with E-state index in [4.69, 9.17) is 0 Å². The third kappa shape index (κ3) is 2.81. The Morgan fingerprint density at radius 1 is 1.35 bits per heavy atom. The summed E-state index contributed by atoms with van der Waals surface area (Å²) in [6.45, 7) is 4.68. The first-order chi connectivity index (χ1) is 9.34. The fourth-order valence-corrected chi connectivity index (χ4v) is 2.89. The summed E-state index contributed by atoms with van der Waals surface area (Å²) in [5.74, 6) is 0.296. The van der Waals surface area contributed by atoms with E-state index in [0.29, 0.717) is 18.7 Å². The third-order valence-electron chi connectivity index (χ3n) is 3.84. The minimum absolute atomic E-state index is 0.0568. The van der Waals surface area contributed by atoms with E-state index in [2.05, 4.69) is 0 Å². The predicted molar refractivity (Wildman–Crippen MR) is 72.0 cm³/mol. The van der Waals surface area contributed by atoms with Gasteiger partial charge >= 0.3 is 6.18 Å². The first-order valence-corrected chi connectivity index (χ1v) is 6.77. The molecule has 5 heteroatoms. The van der Waals surface area contributed by atoms with Gasteiger partial charge in [-0.1, -0.05) is 13.8 Å². The number of alkyl halides is 3. The van der Waals surface area contributed by atoms with E-state index < -0.39 is 11.7 Å². The van der Waals surface area contributed by atoms with Crippen molar-refractivity contribution < 1.29 is 18.0 Å². The molecule has 2 rings (SSSR count). The second-order valence-corrected chi connectivity index (χ2v) is 5.54. The molecule has 1 aromatic rings. The molecular weight excluding hydrogens is 267 g/mol. The molecule has 1 fully saturated rings. The fraction of sp³-hybridized carbons (Fsp3) is 0.533. The Hall–Kier alpha value is -1.52. The summed E-state index contributed by atoms with van der Waals surface area (Å²) in [5, 5.41) is 0. The summed E-state index contributed by atoms with van der Waals surface area (Å²) in [4.78, 5) is 12.5. The van der Waals surface area contributed by atoms with E-state index in [1.165, 1.54) is 12.1 Å². The summed E-state index contributed by atoms with van der Waals surface area (Å²) in [6.07, 6.45) is -2.19. The Bertz CT molecular complexity index is 496. The molecule has 1 unspecified atom stereocenters. The van der Waals surface area contributed by atoms with Crippen molar-refractivity contribution >= 4 is 12.0 Å². The van der Waals surface area contributed by atoms with Crippen LogP contribution in [0, 0.1) is 5.92 Å². The van der Waals surface area contributed by atoms with Crippen LogP contribution in [0.3, 0.4) is 0 Å². The molecular formula is C15H18F3NO. The highest BCUT2D eigenvalue weighted by atomic mass is 19.4. The molecule has 2 nitrogen and oxygen atoms in total. The number of benzene rings is 1. The van der Waals surface area contributed by atoms with Crippen LogP contribution < -0.4 is 4.90 Å². The quantitative estimate of drug-likeness (QED) is 0.778. The van der Waals surface area contributed by atoms with E-state index in [1.54, 1.807) is 0 Å². The monoisotopic (exact) mass is 285 g/mol. The molecule has 0 aromatic heterocycles. The summed E-state index contributed by atoms with van der Waals surface area (Å²) in [5.41, 5.74) is -0.463. The second kappa shape index (κ2) is 5.46. The van der Waals surface area contributed by atoms with Gasteiger partial charge in [-0.15, -0.1) is 0 Å². The summed E-state index contributed by atoms with van der Waals surface area (Å²) in [7, 11) is 0. The van der Waals surface area contributed by atoms with Crippen molar-refractivity contribution in [1.29, 1.82) is 0 Å². The van der Waals surface area contributed by atoms with Crippen molar-refractivity contribution in [3.05, 3.63) is 29.3 Å². The number of hydrogen-bond acceptors (Lipinski definition) is 2. The number of carbonyl (C=O) groups excluding carboxylic acids is 1. The predicted octanol–water partition coefficient (Wildman–Crippen LogP) is 4.14. The molecule has 1 aliphatic rings. The van der Waals surface area contributed by atoms with Crippen molar-refractivity contribution in [1.82, 2.24) is 0 Å². The van der Waals surface area contributed by atoms with Gasteiger partial charge in [0.25, 0.3) is 0 Å². The first-order valence-electron chi connectivity index (χ1n) is 6.77. The molecule has 0 saturated carbocycles. The normalized spacial score (nSPS) is 19.7. The molecule has 0 N–H and O–H groups in total. The van der Waals surface area contributed by atoms with Gasteiger partial charge in [-0.25, -0.2) is 0 Å². The molecule has 1 aliphatic heterocycles. The zero-order valence-electron chi connectivity index (χ0n) is 11.6. The Labute approximate surface area is 116 Å².